The highest BCUT2D eigenvalue weighted by molar-refractivity contribution is 5.94. The average Bonchev–Trinajstić information content (AvgIpc) is 2.83. The number of rotatable bonds is 7. The van der Waals surface area contributed by atoms with E-state index in [1.54, 1.807) is 12.1 Å². The summed E-state index contributed by atoms with van der Waals surface area (Å²) < 4.78 is 11.1. The van der Waals surface area contributed by atoms with Crippen LogP contribution in [-0.4, -0.2) is 49.1 Å². The van der Waals surface area contributed by atoms with Crippen LogP contribution >= 0.6 is 0 Å². The van der Waals surface area contributed by atoms with E-state index in [-0.39, 0.29) is 24.5 Å². The molecule has 3 aromatic rings. The molecule has 6 nitrogen and oxygen atoms in total. The highest BCUT2D eigenvalue weighted by Crippen LogP contribution is 2.21. The molecule has 6 heteroatoms. The van der Waals surface area contributed by atoms with Gasteiger partial charge in [0.1, 0.15) is 11.5 Å². The van der Waals surface area contributed by atoms with Crippen molar-refractivity contribution in [2.75, 3.05) is 26.3 Å². The van der Waals surface area contributed by atoms with Gasteiger partial charge < -0.3 is 19.7 Å². The maximum Gasteiger partial charge on any atom is 0.258 e. The summed E-state index contributed by atoms with van der Waals surface area (Å²) in [5.74, 6) is 1.30. The molecule has 3 aromatic carbocycles. The smallest absolute Gasteiger partial charge is 0.258 e. The van der Waals surface area contributed by atoms with E-state index in [0.29, 0.717) is 31.0 Å². The number of hydrogen-bond acceptors (Lipinski definition) is 4. The molecule has 0 spiro atoms. The van der Waals surface area contributed by atoms with E-state index in [1.807, 2.05) is 66.4 Å². The van der Waals surface area contributed by atoms with Crippen molar-refractivity contribution in [3.63, 3.8) is 0 Å². The first-order chi connectivity index (χ1) is 15.6. The van der Waals surface area contributed by atoms with Crippen LogP contribution in [0.15, 0.2) is 66.7 Å². The molecule has 0 saturated carbocycles. The first kappa shape index (κ1) is 21.7. The van der Waals surface area contributed by atoms with Gasteiger partial charge in [-0.1, -0.05) is 30.3 Å². The third kappa shape index (κ3) is 5.38. The molecular weight excluding hydrogens is 404 g/mol. The summed E-state index contributed by atoms with van der Waals surface area (Å²) in [6.45, 7) is 3.73. The molecule has 1 aliphatic rings. The Morgan fingerprint density at radius 3 is 2.31 bits per heavy atom. The number of carbonyl (C=O) groups excluding carboxylic acids is 2. The lowest BCUT2D eigenvalue weighted by atomic mass is 10.0. The van der Waals surface area contributed by atoms with Gasteiger partial charge in [-0.2, -0.15) is 0 Å². The molecule has 166 valence electrons. The molecule has 1 aliphatic heterocycles. The molecule has 0 unspecified atom stereocenters. The number of likely N-dealkylation sites (tertiary alicyclic amines) is 1. The van der Waals surface area contributed by atoms with Crippen LogP contribution in [-0.2, 0) is 4.79 Å². The fraction of sp³-hybridized carbons (Fsp3) is 0.308. The van der Waals surface area contributed by atoms with E-state index < -0.39 is 0 Å². The van der Waals surface area contributed by atoms with Crippen LogP contribution < -0.4 is 14.8 Å². The Hall–Kier alpha value is -3.54. The molecular formula is C26H28N2O4. The zero-order valence-corrected chi connectivity index (χ0v) is 18.3. The molecule has 0 aromatic heterocycles. The second-order valence-corrected chi connectivity index (χ2v) is 7.89. The van der Waals surface area contributed by atoms with Crippen molar-refractivity contribution in [1.82, 2.24) is 10.2 Å². The maximum atomic E-state index is 12.7. The largest absolute Gasteiger partial charge is 0.494 e. The lowest BCUT2D eigenvalue weighted by Gasteiger charge is -2.32. The third-order valence-electron chi connectivity index (χ3n) is 5.65. The second kappa shape index (κ2) is 10.2. The van der Waals surface area contributed by atoms with Crippen molar-refractivity contribution in [1.29, 1.82) is 0 Å². The Bertz CT molecular complexity index is 1070. The van der Waals surface area contributed by atoms with E-state index in [1.165, 1.54) is 0 Å². The van der Waals surface area contributed by atoms with E-state index >= 15 is 0 Å². The predicted molar refractivity (Wildman–Crippen MR) is 124 cm³/mol. The Morgan fingerprint density at radius 1 is 0.906 bits per heavy atom. The number of hydrogen-bond donors (Lipinski definition) is 1. The van der Waals surface area contributed by atoms with Crippen molar-refractivity contribution in [2.24, 2.45) is 0 Å². The van der Waals surface area contributed by atoms with Crippen LogP contribution in [0.4, 0.5) is 0 Å². The molecule has 0 atom stereocenters. The summed E-state index contributed by atoms with van der Waals surface area (Å²) in [5, 5.41) is 5.24. The lowest BCUT2D eigenvalue weighted by Crippen LogP contribution is -2.47. The molecule has 1 saturated heterocycles. The van der Waals surface area contributed by atoms with Crippen molar-refractivity contribution in [3.05, 3.63) is 72.3 Å². The number of piperidine rings is 1. The van der Waals surface area contributed by atoms with Gasteiger partial charge in [0.25, 0.3) is 11.8 Å². The average molecular weight is 433 g/mol. The van der Waals surface area contributed by atoms with Gasteiger partial charge in [-0.15, -0.1) is 0 Å². The van der Waals surface area contributed by atoms with E-state index in [9.17, 15) is 9.59 Å². The first-order valence-corrected chi connectivity index (χ1v) is 11.1. The summed E-state index contributed by atoms with van der Waals surface area (Å²) in [4.78, 5) is 26.9. The zero-order chi connectivity index (χ0) is 22.3. The van der Waals surface area contributed by atoms with Crippen LogP contribution in [0.3, 0.4) is 0 Å². The van der Waals surface area contributed by atoms with Crippen LogP contribution in [0, 0.1) is 0 Å². The minimum Gasteiger partial charge on any atom is -0.494 e. The summed E-state index contributed by atoms with van der Waals surface area (Å²) in [5.41, 5.74) is 0.653. The summed E-state index contributed by atoms with van der Waals surface area (Å²) >= 11 is 0. The van der Waals surface area contributed by atoms with Gasteiger partial charge in [-0.3, -0.25) is 9.59 Å². The van der Waals surface area contributed by atoms with Crippen molar-refractivity contribution >= 4 is 22.6 Å². The van der Waals surface area contributed by atoms with Gasteiger partial charge in [0, 0.05) is 24.7 Å². The van der Waals surface area contributed by atoms with Gasteiger partial charge in [0.2, 0.25) is 0 Å². The number of amides is 2. The SMILES string of the molecule is CCOc1ccc(C(=O)N2CCC(NC(=O)COc3ccc4ccccc4c3)CC2)cc1. The standard InChI is InChI=1S/C26H28N2O4/c1-2-31-23-10-8-20(9-11-23)26(30)28-15-13-22(14-16-28)27-25(29)18-32-24-12-7-19-5-3-4-6-21(19)17-24/h3-12,17,22H,2,13-16,18H2,1H3,(H,27,29). The van der Waals surface area contributed by atoms with Crippen LogP contribution in [0.2, 0.25) is 0 Å². The van der Waals surface area contributed by atoms with E-state index in [4.69, 9.17) is 9.47 Å². The quantitative estimate of drug-likeness (QED) is 0.612. The first-order valence-electron chi connectivity index (χ1n) is 11.1. The minimum absolute atomic E-state index is 0.0115. The Balaban J connectivity index is 1.22. The van der Waals surface area contributed by atoms with Crippen LogP contribution in [0.5, 0.6) is 11.5 Å². The number of ether oxygens (including phenoxy) is 2. The van der Waals surface area contributed by atoms with Crippen LogP contribution in [0.1, 0.15) is 30.1 Å². The zero-order valence-electron chi connectivity index (χ0n) is 18.3. The summed E-state index contributed by atoms with van der Waals surface area (Å²) in [6, 6.07) is 21.1. The number of fused-ring (bicyclic) bond motifs is 1. The third-order valence-corrected chi connectivity index (χ3v) is 5.65. The number of nitrogens with zero attached hydrogens (tertiary/aromatic N) is 1. The van der Waals surface area contributed by atoms with Gasteiger partial charge in [-0.05, 0) is 66.9 Å². The summed E-state index contributed by atoms with van der Waals surface area (Å²) in [7, 11) is 0. The fourth-order valence-corrected chi connectivity index (χ4v) is 3.95. The molecule has 1 N–H and O–H groups in total. The topological polar surface area (TPSA) is 67.9 Å². The second-order valence-electron chi connectivity index (χ2n) is 7.89. The minimum atomic E-state index is -0.144. The molecule has 0 bridgehead atoms. The number of nitrogens with one attached hydrogen (secondary N) is 1. The molecule has 0 aliphatic carbocycles. The fourth-order valence-electron chi connectivity index (χ4n) is 3.95. The van der Waals surface area contributed by atoms with Gasteiger partial charge >= 0.3 is 0 Å². The highest BCUT2D eigenvalue weighted by Gasteiger charge is 2.24. The van der Waals surface area contributed by atoms with E-state index in [2.05, 4.69) is 5.32 Å². The van der Waals surface area contributed by atoms with Crippen molar-refractivity contribution < 1.29 is 19.1 Å². The van der Waals surface area contributed by atoms with Crippen molar-refractivity contribution in [2.45, 2.75) is 25.8 Å². The Labute approximate surface area is 188 Å². The maximum absolute atomic E-state index is 12.7. The van der Waals surface area contributed by atoms with Gasteiger partial charge in [0.05, 0.1) is 6.61 Å². The number of carbonyl (C=O) groups is 2. The van der Waals surface area contributed by atoms with Crippen LogP contribution in [0.25, 0.3) is 10.8 Å². The predicted octanol–water partition coefficient (Wildman–Crippen LogP) is 4.04. The number of benzene rings is 3. The Kier molecular flexibility index (Phi) is 6.90. The molecule has 0 radical (unpaired) electrons. The van der Waals surface area contributed by atoms with Gasteiger partial charge in [0.15, 0.2) is 6.61 Å². The molecule has 32 heavy (non-hydrogen) atoms. The Morgan fingerprint density at radius 2 is 1.59 bits per heavy atom. The van der Waals surface area contributed by atoms with Crippen molar-refractivity contribution in [3.8, 4) is 11.5 Å². The highest BCUT2D eigenvalue weighted by atomic mass is 16.5. The molecule has 2 amide bonds. The molecule has 1 heterocycles. The van der Waals surface area contributed by atoms with Gasteiger partial charge in [-0.25, -0.2) is 0 Å². The van der Waals surface area contributed by atoms with E-state index in [0.717, 1.165) is 29.4 Å². The monoisotopic (exact) mass is 432 g/mol. The normalized spacial score (nSPS) is 14.2. The lowest BCUT2D eigenvalue weighted by molar-refractivity contribution is -0.124. The summed E-state index contributed by atoms with van der Waals surface area (Å²) in [6.07, 6.45) is 1.45. The molecule has 4 rings (SSSR count). The molecule has 1 fully saturated rings.